The summed E-state index contributed by atoms with van der Waals surface area (Å²) in [7, 11) is 0. The van der Waals surface area contributed by atoms with E-state index in [1.807, 2.05) is 24.3 Å². The van der Waals surface area contributed by atoms with Gasteiger partial charge >= 0.3 is 6.16 Å². The van der Waals surface area contributed by atoms with E-state index in [2.05, 4.69) is 13.8 Å². The van der Waals surface area contributed by atoms with Gasteiger partial charge in [-0.25, -0.2) is 4.79 Å². The fourth-order valence-electron chi connectivity index (χ4n) is 2.33. The Hall–Kier alpha value is -1.51. The molecule has 1 aromatic rings. The topological polar surface area (TPSA) is 35.5 Å². The van der Waals surface area contributed by atoms with Gasteiger partial charge in [0.1, 0.15) is 5.75 Å². The second-order valence-electron chi connectivity index (χ2n) is 5.68. The van der Waals surface area contributed by atoms with Crippen LogP contribution in [0.4, 0.5) is 4.79 Å². The van der Waals surface area contributed by atoms with Crippen molar-refractivity contribution >= 4 is 6.16 Å². The van der Waals surface area contributed by atoms with Gasteiger partial charge in [-0.1, -0.05) is 70.6 Å². The zero-order valence-corrected chi connectivity index (χ0v) is 14.1. The summed E-state index contributed by atoms with van der Waals surface area (Å²) < 4.78 is 10.5. The van der Waals surface area contributed by atoms with E-state index < -0.39 is 6.16 Å². The van der Waals surface area contributed by atoms with E-state index in [1.54, 1.807) is 0 Å². The van der Waals surface area contributed by atoms with Gasteiger partial charge in [-0.05, 0) is 30.9 Å². The summed E-state index contributed by atoms with van der Waals surface area (Å²) >= 11 is 0. The third kappa shape index (κ3) is 8.06. The van der Waals surface area contributed by atoms with Crippen molar-refractivity contribution in [3.8, 4) is 5.75 Å². The minimum Gasteiger partial charge on any atom is -0.434 e. The summed E-state index contributed by atoms with van der Waals surface area (Å²) in [5.74, 6) is 0.629. The standard InChI is InChI=1S/C19H30O3/c1-3-5-7-8-9-12-16-21-19(20)22-18-15-11-10-14-17(18)13-6-4-2/h10-11,14-15H,3-9,12-13,16H2,1-2H3. The van der Waals surface area contributed by atoms with Crippen LogP contribution in [0.1, 0.15) is 70.8 Å². The maximum absolute atomic E-state index is 11.7. The Labute approximate surface area is 135 Å². The van der Waals surface area contributed by atoms with Crippen LogP contribution in [-0.4, -0.2) is 12.8 Å². The first-order chi connectivity index (χ1) is 10.8. The predicted octanol–water partition coefficient (Wildman–Crippen LogP) is 5.91. The molecule has 1 rings (SSSR count). The molecule has 1 aromatic carbocycles. The molecule has 0 N–H and O–H groups in total. The summed E-state index contributed by atoms with van der Waals surface area (Å²) in [6.45, 7) is 4.80. The van der Waals surface area contributed by atoms with Crippen LogP contribution in [0.2, 0.25) is 0 Å². The van der Waals surface area contributed by atoms with Crippen LogP contribution in [0, 0.1) is 0 Å². The van der Waals surface area contributed by atoms with E-state index >= 15 is 0 Å². The average molecular weight is 306 g/mol. The van der Waals surface area contributed by atoms with Crippen molar-refractivity contribution in [2.45, 2.75) is 71.6 Å². The second-order valence-corrected chi connectivity index (χ2v) is 5.68. The van der Waals surface area contributed by atoms with Crippen molar-refractivity contribution in [3.05, 3.63) is 29.8 Å². The fraction of sp³-hybridized carbons (Fsp3) is 0.632. The molecule has 3 nitrogen and oxygen atoms in total. The van der Waals surface area contributed by atoms with Crippen LogP contribution in [0.3, 0.4) is 0 Å². The van der Waals surface area contributed by atoms with Gasteiger partial charge in [0.2, 0.25) is 0 Å². The Bertz CT molecular complexity index is 415. The molecule has 0 heterocycles. The zero-order valence-electron chi connectivity index (χ0n) is 14.1. The van der Waals surface area contributed by atoms with Gasteiger partial charge in [-0.3, -0.25) is 0 Å². The molecule has 0 spiro atoms. The molecule has 3 heteroatoms. The number of carbonyl (C=O) groups is 1. The van der Waals surface area contributed by atoms with Gasteiger partial charge < -0.3 is 9.47 Å². The van der Waals surface area contributed by atoms with Crippen molar-refractivity contribution in [1.29, 1.82) is 0 Å². The first kappa shape index (κ1) is 18.5. The summed E-state index contributed by atoms with van der Waals surface area (Å²) in [5, 5.41) is 0. The number of aryl methyl sites for hydroxylation is 1. The Balaban J connectivity index is 2.24. The van der Waals surface area contributed by atoms with Crippen LogP contribution in [0.15, 0.2) is 24.3 Å². The van der Waals surface area contributed by atoms with Crippen molar-refractivity contribution in [2.24, 2.45) is 0 Å². The van der Waals surface area contributed by atoms with Gasteiger partial charge in [-0.15, -0.1) is 0 Å². The highest BCUT2D eigenvalue weighted by molar-refractivity contribution is 5.64. The molecule has 0 unspecified atom stereocenters. The second kappa shape index (κ2) is 12.1. The van der Waals surface area contributed by atoms with E-state index in [1.165, 1.54) is 25.7 Å². The van der Waals surface area contributed by atoms with E-state index in [-0.39, 0.29) is 0 Å². The number of para-hydroxylation sites is 1. The number of hydrogen-bond acceptors (Lipinski definition) is 3. The molecular formula is C19H30O3. The van der Waals surface area contributed by atoms with E-state index in [0.717, 1.165) is 37.7 Å². The largest absolute Gasteiger partial charge is 0.513 e. The monoisotopic (exact) mass is 306 g/mol. The zero-order chi connectivity index (χ0) is 16.0. The van der Waals surface area contributed by atoms with E-state index in [0.29, 0.717) is 12.4 Å². The molecule has 0 aliphatic heterocycles. The smallest absolute Gasteiger partial charge is 0.434 e. The third-order valence-electron chi connectivity index (χ3n) is 3.68. The lowest BCUT2D eigenvalue weighted by Crippen LogP contribution is -2.12. The Morgan fingerprint density at radius 3 is 2.36 bits per heavy atom. The molecule has 124 valence electrons. The first-order valence-electron chi connectivity index (χ1n) is 8.70. The molecule has 0 amide bonds. The highest BCUT2D eigenvalue weighted by Crippen LogP contribution is 2.20. The van der Waals surface area contributed by atoms with Crippen LogP contribution in [0.5, 0.6) is 5.75 Å². The first-order valence-corrected chi connectivity index (χ1v) is 8.70. The number of unbranched alkanes of at least 4 members (excludes halogenated alkanes) is 6. The summed E-state index contributed by atoms with van der Waals surface area (Å²) in [4.78, 5) is 11.7. The van der Waals surface area contributed by atoms with Crippen molar-refractivity contribution in [2.75, 3.05) is 6.61 Å². The highest BCUT2D eigenvalue weighted by atomic mass is 16.7. The Kier molecular flexibility index (Phi) is 10.2. The lowest BCUT2D eigenvalue weighted by atomic mass is 10.1. The number of rotatable bonds is 11. The lowest BCUT2D eigenvalue weighted by molar-refractivity contribution is 0.0969. The molecule has 0 radical (unpaired) electrons. The summed E-state index contributed by atoms with van der Waals surface area (Å²) in [5.41, 5.74) is 1.07. The molecule has 0 atom stereocenters. The maximum Gasteiger partial charge on any atom is 0.513 e. The van der Waals surface area contributed by atoms with Crippen molar-refractivity contribution < 1.29 is 14.3 Å². The summed E-state index contributed by atoms with van der Waals surface area (Å²) in [6.07, 6.45) is 9.60. The number of hydrogen-bond donors (Lipinski definition) is 0. The number of carbonyl (C=O) groups excluding carboxylic acids is 1. The normalized spacial score (nSPS) is 10.5. The average Bonchev–Trinajstić information content (AvgIpc) is 2.53. The van der Waals surface area contributed by atoms with Crippen LogP contribution in [0.25, 0.3) is 0 Å². The quantitative estimate of drug-likeness (QED) is 0.290. The molecule has 0 bridgehead atoms. The Morgan fingerprint density at radius 2 is 1.59 bits per heavy atom. The fourth-order valence-corrected chi connectivity index (χ4v) is 2.33. The van der Waals surface area contributed by atoms with Crippen molar-refractivity contribution in [1.82, 2.24) is 0 Å². The summed E-state index contributed by atoms with van der Waals surface area (Å²) in [6, 6.07) is 7.69. The molecule has 0 saturated heterocycles. The molecule has 0 fully saturated rings. The molecule has 0 aliphatic carbocycles. The lowest BCUT2D eigenvalue weighted by Gasteiger charge is -2.10. The van der Waals surface area contributed by atoms with Crippen LogP contribution in [-0.2, 0) is 11.2 Å². The van der Waals surface area contributed by atoms with Crippen LogP contribution >= 0.6 is 0 Å². The van der Waals surface area contributed by atoms with Gasteiger partial charge in [0.25, 0.3) is 0 Å². The van der Waals surface area contributed by atoms with E-state index in [4.69, 9.17) is 9.47 Å². The molecule has 22 heavy (non-hydrogen) atoms. The minimum absolute atomic E-state index is 0.447. The number of ether oxygens (including phenoxy) is 2. The van der Waals surface area contributed by atoms with Gasteiger partial charge in [0.15, 0.2) is 0 Å². The SMILES string of the molecule is CCCCCCCCOC(=O)Oc1ccccc1CCCC. The predicted molar refractivity (Wildman–Crippen MR) is 90.4 cm³/mol. The van der Waals surface area contributed by atoms with Crippen LogP contribution < -0.4 is 4.74 Å². The maximum atomic E-state index is 11.7. The molecule has 0 aromatic heterocycles. The highest BCUT2D eigenvalue weighted by Gasteiger charge is 2.09. The van der Waals surface area contributed by atoms with Gasteiger partial charge in [0, 0.05) is 0 Å². The Morgan fingerprint density at radius 1 is 0.909 bits per heavy atom. The van der Waals surface area contributed by atoms with Crippen molar-refractivity contribution in [3.63, 3.8) is 0 Å². The van der Waals surface area contributed by atoms with Gasteiger partial charge in [-0.2, -0.15) is 0 Å². The van der Waals surface area contributed by atoms with Gasteiger partial charge in [0.05, 0.1) is 6.61 Å². The minimum atomic E-state index is -0.586. The van der Waals surface area contributed by atoms with E-state index in [9.17, 15) is 4.79 Å². The molecule has 0 saturated carbocycles. The molecular weight excluding hydrogens is 276 g/mol. The third-order valence-corrected chi connectivity index (χ3v) is 3.68. The molecule has 0 aliphatic rings. The number of benzene rings is 1.